The number of nitrogens with zero attached hydrogens (tertiary/aromatic N) is 7. The van der Waals surface area contributed by atoms with Gasteiger partial charge in [0.1, 0.15) is 5.52 Å². The van der Waals surface area contributed by atoms with Crippen LogP contribution in [0.2, 0.25) is 0 Å². The van der Waals surface area contributed by atoms with E-state index < -0.39 is 0 Å². The Bertz CT molecular complexity index is 1030. The SMILES string of the molecule is CN1CCC(N2CCN(C(=O)c3cnc4c(c3)ncn4Cc3cccnc3)CC2)CC1. The van der Waals surface area contributed by atoms with Crippen molar-refractivity contribution in [3.63, 3.8) is 0 Å². The first-order valence-electron chi connectivity index (χ1n) is 11.1. The maximum Gasteiger partial charge on any atom is 0.255 e. The van der Waals surface area contributed by atoms with Crippen LogP contribution in [0.25, 0.3) is 11.2 Å². The number of pyridine rings is 2. The van der Waals surface area contributed by atoms with E-state index in [1.165, 1.54) is 25.9 Å². The highest BCUT2D eigenvalue weighted by Gasteiger charge is 2.28. The third-order valence-electron chi connectivity index (χ3n) is 6.58. The van der Waals surface area contributed by atoms with E-state index in [4.69, 9.17) is 0 Å². The van der Waals surface area contributed by atoms with Crippen LogP contribution in [-0.4, -0.2) is 92.5 Å². The van der Waals surface area contributed by atoms with E-state index in [0.717, 1.165) is 42.9 Å². The molecule has 0 saturated carbocycles. The molecule has 0 bridgehead atoms. The van der Waals surface area contributed by atoms with E-state index in [1.54, 1.807) is 18.7 Å². The van der Waals surface area contributed by atoms with E-state index in [9.17, 15) is 4.79 Å². The average Bonchev–Trinajstić information content (AvgIpc) is 3.22. The van der Waals surface area contributed by atoms with Gasteiger partial charge in [-0.15, -0.1) is 0 Å². The minimum absolute atomic E-state index is 0.0548. The average molecular weight is 420 g/mol. The van der Waals surface area contributed by atoms with Crippen LogP contribution in [-0.2, 0) is 6.54 Å². The van der Waals surface area contributed by atoms with Crippen LogP contribution in [0.15, 0.2) is 43.1 Å². The lowest BCUT2D eigenvalue weighted by molar-refractivity contribution is 0.0475. The summed E-state index contributed by atoms with van der Waals surface area (Å²) in [6.45, 7) is 6.46. The number of amides is 1. The van der Waals surface area contributed by atoms with Gasteiger partial charge in [-0.1, -0.05) is 6.07 Å². The molecular weight excluding hydrogens is 390 g/mol. The lowest BCUT2D eigenvalue weighted by Gasteiger charge is -2.42. The van der Waals surface area contributed by atoms with Crippen LogP contribution in [0.5, 0.6) is 0 Å². The van der Waals surface area contributed by atoms with Gasteiger partial charge in [0, 0.05) is 50.8 Å². The highest BCUT2D eigenvalue weighted by Crippen LogP contribution is 2.19. The van der Waals surface area contributed by atoms with Crippen LogP contribution >= 0.6 is 0 Å². The van der Waals surface area contributed by atoms with E-state index in [1.807, 2.05) is 33.9 Å². The summed E-state index contributed by atoms with van der Waals surface area (Å²) in [5, 5.41) is 0. The number of fused-ring (bicyclic) bond motifs is 1. The monoisotopic (exact) mass is 419 g/mol. The number of likely N-dealkylation sites (tertiary alicyclic amines) is 1. The summed E-state index contributed by atoms with van der Waals surface area (Å²) in [6.07, 6.45) is 9.53. The highest BCUT2D eigenvalue weighted by atomic mass is 16.2. The maximum atomic E-state index is 13.1. The molecule has 2 fully saturated rings. The summed E-state index contributed by atoms with van der Waals surface area (Å²) < 4.78 is 1.99. The summed E-state index contributed by atoms with van der Waals surface area (Å²) >= 11 is 0. The second kappa shape index (κ2) is 8.72. The van der Waals surface area contributed by atoms with E-state index in [0.29, 0.717) is 18.2 Å². The molecule has 162 valence electrons. The molecule has 0 spiro atoms. The molecule has 1 amide bonds. The molecule has 8 nitrogen and oxygen atoms in total. The molecule has 5 rings (SSSR count). The van der Waals surface area contributed by atoms with Gasteiger partial charge in [-0.05, 0) is 50.7 Å². The fraction of sp³-hybridized carbons (Fsp3) is 0.478. The lowest BCUT2D eigenvalue weighted by Crippen LogP contribution is -2.54. The highest BCUT2D eigenvalue weighted by molar-refractivity contribution is 5.96. The number of carbonyl (C=O) groups is 1. The van der Waals surface area contributed by atoms with Gasteiger partial charge in [-0.25, -0.2) is 9.97 Å². The van der Waals surface area contributed by atoms with Crippen LogP contribution in [0, 0.1) is 0 Å². The second-order valence-corrected chi connectivity index (χ2v) is 8.66. The number of hydrogen-bond acceptors (Lipinski definition) is 6. The zero-order valence-electron chi connectivity index (χ0n) is 18.0. The largest absolute Gasteiger partial charge is 0.336 e. The first kappa shape index (κ1) is 20.1. The van der Waals surface area contributed by atoms with Crippen molar-refractivity contribution < 1.29 is 4.79 Å². The van der Waals surface area contributed by atoms with Crippen molar-refractivity contribution in [1.29, 1.82) is 0 Å². The minimum Gasteiger partial charge on any atom is -0.336 e. The summed E-state index contributed by atoms with van der Waals surface area (Å²) in [7, 11) is 2.19. The number of carbonyl (C=O) groups excluding carboxylic acids is 1. The topological polar surface area (TPSA) is 70.4 Å². The van der Waals surface area contributed by atoms with Gasteiger partial charge in [-0.3, -0.25) is 14.7 Å². The summed E-state index contributed by atoms with van der Waals surface area (Å²) in [5.41, 5.74) is 3.24. The smallest absolute Gasteiger partial charge is 0.255 e. The Hall–Kier alpha value is -2.84. The van der Waals surface area contributed by atoms with Crippen molar-refractivity contribution in [1.82, 2.24) is 34.2 Å². The van der Waals surface area contributed by atoms with Crippen LogP contribution in [0.1, 0.15) is 28.8 Å². The van der Waals surface area contributed by atoms with Gasteiger partial charge >= 0.3 is 0 Å². The van der Waals surface area contributed by atoms with Crippen molar-refractivity contribution in [3.8, 4) is 0 Å². The Kier molecular flexibility index (Phi) is 5.65. The molecule has 8 heteroatoms. The predicted molar refractivity (Wildman–Crippen MR) is 119 cm³/mol. The van der Waals surface area contributed by atoms with Gasteiger partial charge in [0.15, 0.2) is 5.65 Å². The van der Waals surface area contributed by atoms with Crippen LogP contribution in [0.3, 0.4) is 0 Å². The minimum atomic E-state index is 0.0548. The van der Waals surface area contributed by atoms with E-state index >= 15 is 0 Å². The fourth-order valence-electron chi connectivity index (χ4n) is 4.70. The molecule has 0 N–H and O–H groups in total. The number of piperazine rings is 1. The van der Waals surface area contributed by atoms with E-state index in [2.05, 4.69) is 31.8 Å². The lowest BCUT2D eigenvalue weighted by atomic mass is 10.0. The number of imidazole rings is 1. The second-order valence-electron chi connectivity index (χ2n) is 8.66. The van der Waals surface area contributed by atoms with Crippen molar-refractivity contribution >= 4 is 17.1 Å². The van der Waals surface area contributed by atoms with Gasteiger partial charge in [0.05, 0.1) is 18.4 Å². The molecule has 2 aliphatic rings. The molecule has 5 heterocycles. The molecule has 2 saturated heterocycles. The van der Waals surface area contributed by atoms with Crippen LogP contribution < -0.4 is 0 Å². The third kappa shape index (κ3) is 4.31. The van der Waals surface area contributed by atoms with Gasteiger partial charge in [0.25, 0.3) is 5.91 Å². The standard InChI is InChI=1S/C23H29N7O/c1-27-7-4-20(5-8-27)28-9-11-29(12-10-28)23(31)19-13-21-22(25-15-19)30(17-26-21)16-18-3-2-6-24-14-18/h2-3,6,13-15,17,20H,4-5,7-12,16H2,1H3. The molecule has 0 aromatic carbocycles. The first-order chi connectivity index (χ1) is 15.2. The third-order valence-corrected chi connectivity index (χ3v) is 6.58. The van der Waals surface area contributed by atoms with Gasteiger partial charge in [-0.2, -0.15) is 0 Å². The molecule has 31 heavy (non-hydrogen) atoms. The number of hydrogen-bond donors (Lipinski definition) is 0. The predicted octanol–water partition coefficient (Wildman–Crippen LogP) is 1.73. The quantitative estimate of drug-likeness (QED) is 0.642. The van der Waals surface area contributed by atoms with E-state index in [-0.39, 0.29) is 5.91 Å². The summed E-state index contributed by atoms with van der Waals surface area (Å²) in [6, 6.07) is 6.48. The molecule has 2 aliphatic heterocycles. The Labute approximate surface area is 182 Å². The number of aromatic nitrogens is 4. The van der Waals surface area contributed by atoms with Crippen molar-refractivity contribution in [2.75, 3.05) is 46.3 Å². The van der Waals surface area contributed by atoms with Crippen molar-refractivity contribution in [2.45, 2.75) is 25.4 Å². The Morgan fingerprint density at radius 2 is 1.87 bits per heavy atom. The molecule has 0 aliphatic carbocycles. The molecular formula is C23H29N7O. The Balaban J connectivity index is 1.23. The molecule has 3 aromatic heterocycles. The fourth-order valence-corrected chi connectivity index (χ4v) is 4.70. The number of rotatable bonds is 4. The maximum absolute atomic E-state index is 13.1. The molecule has 0 radical (unpaired) electrons. The molecule has 0 atom stereocenters. The zero-order chi connectivity index (χ0) is 21.2. The normalized spacial score (nSPS) is 19.2. The number of piperidine rings is 1. The molecule has 0 unspecified atom stereocenters. The first-order valence-corrected chi connectivity index (χ1v) is 11.1. The Morgan fingerprint density at radius 1 is 1.06 bits per heavy atom. The van der Waals surface area contributed by atoms with Crippen molar-refractivity contribution in [2.24, 2.45) is 0 Å². The Morgan fingerprint density at radius 3 is 2.61 bits per heavy atom. The van der Waals surface area contributed by atoms with Crippen molar-refractivity contribution in [3.05, 3.63) is 54.2 Å². The summed E-state index contributed by atoms with van der Waals surface area (Å²) in [4.78, 5) is 33.2. The van der Waals surface area contributed by atoms with Crippen LogP contribution in [0.4, 0.5) is 0 Å². The van der Waals surface area contributed by atoms with Gasteiger partial charge < -0.3 is 14.4 Å². The van der Waals surface area contributed by atoms with Gasteiger partial charge in [0.2, 0.25) is 0 Å². The molecule has 3 aromatic rings. The summed E-state index contributed by atoms with van der Waals surface area (Å²) in [5.74, 6) is 0.0548. The zero-order valence-corrected chi connectivity index (χ0v) is 18.0.